The highest BCUT2D eigenvalue weighted by molar-refractivity contribution is 6.12. The van der Waals surface area contributed by atoms with Crippen LogP contribution in [0.3, 0.4) is 0 Å². The first-order chi connectivity index (χ1) is 51.4. The van der Waals surface area contributed by atoms with Crippen molar-refractivity contribution in [3.05, 3.63) is 303 Å². The van der Waals surface area contributed by atoms with E-state index in [2.05, 4.69) is 342 Å². The van der Waals surface area contributed by atoms with E-state index in [1.165, 1.54) is 112 Å². The fourth-order valence-electron chi connectivity index (χ4n) is 17.0. The van der Waals surface area contributed by atoms with Gasteiger partial charge in [0.05, 0.1) is 22.3 Å². The van der Waals surface area contributed by atoms with Crippen molar-refractivity contribution < 1.29 is 23.1 Å². The molecular formula is C94H100N9O3+3. The summed E-state index contributed by atoms with van der Waals surface area (Å²) in [6.07, 6.45) is 22.8. The molecule has 0 saturated carbocycles. The van der Waals surface area contributed by atoms with Crippen molar-refractivity contribution >= 4 is 114 Å². The summed E-state index contributed by atoms with van der Waals surface area (Å²) >= 11 is 0. The van der Waals surface area contributed by atoms with Crippen LogP contribution in [0.4, 0.5) is 40.0 Å². The van der Waals surface area contributed by atoms with Crippen LogP contribution in [0.25, 0.3) is 50.5 Å². The average molecular weight is 1400 g/mol. The van der Waals surface area contributed by atoms with Crippen LogP contribution < -0.4 is 14.7 Å². The van der Waals surface area contributed by atoms with Crippen LogP contribution in [0.5, 0.6) is 0 Å². The molecule has 0 N–H and O–H groups in total. The highest BCUT2D eigenvalue weighted by atomic mass is 16.6. The summed E-state index contributed by atoms with van der Waals surface area (Å²) < 4.78 is 12.6. The molecule has 3 unspecified atom stereocenters. The second-order valence-electron chi connectivity index (χ2n) is 28.8. The van der Waals surface area contributed by atoms with E-state index < -0.39 is 10.3 Å². The van der Waals surface area contributed by atoms with Crippen LogP contribution in [-0.4, -0.2) is 107 Å². The fraction of sp³-hybridized carbons (Fsp3) is 0.266. The number of nitro groups is 1. The van der Waals surface area contributed by atoms with E-state index in [0.717, 1.165) is 81.2 Å². The molecule has 9 aromatic carbocycles. The molecule has 12 nitrogen and oxygen atoms in total. The molecule has 0 spiro atoms. The number of aliphatic imine (C=N–C) groups is 1. The van der Waals surface area contributed by atoms with Crippen molar-refractivity contribution in [2.75, 3.05) is 75.1 Å². The molecule has 536 valence electrons. The Labute approximate surface area is 626 Å². The third kappa shape index (κ3) is 14.4. The summed E-state index contributed by atoms with van der Waals surface area (Å²) in [6.45, 7) is 26.2. The van der Waals surface area contributed by atoms with E-state index >= 15 is 0 Å². The van der Waals surface area contributed by atoms with Gasteiger partial charge in [-0.25, -0.2) is 0 Å². The number of hydrogen-bond donors (Lipinski definition) is 0. The minimum absolute atomic E-state index is 0.157. The predicted molar refractivity (Wildman–Crippen MR) is 446 cm³/mol. The van der Waals surface area contributed by atoms with Crippen molar-refractivity contribution in [3.63, 3.8) is 0 Å². The van der Waals surface area contributed by atoms with E-state index in [1.54, 1.807) is 6.07 Å². The zero-order valence-electron chi connectivity index (χ0n) is 63.7. The molecule has 0 radical (unpaired) electrons. The van der Waals surface area contributed by atoms with Crippen LogP contribution in [0.1, 0.15) is 120 Å². The Morgan fingerprint density at radius 1 is 0.434 bits per heavy atom. The maximum Gasteiger partial charge on any atom is 0.433 e. The summed E-state index contributed by atoms with van der Waals surface area (Å²) in [5.41, 5.74) is 20.3. The minimum atomic E-state index is -0.484. The second kappa shape index (κ2) is 31.5. The van der Waals surface area contributed by atoms with Crippen LogP contribution in [0.2, 0.25) is 0 Å². The van der Waals surface area contributed by atoms with E-state index in [1.807, 2.05) is 24.5 Å². The van der Waals surface area contributed by atoms with Gasteiger partial charge in [-0.15, -0.1) is 0 Å². The van der Waals surface area contributed by atoms with E-state index in [4.69, 9.17) is 14.4 Å². The Balaban J connectivity index is 0.000000141. The lowest BCUT2D eigenvalue weighted by Crippen LogP contribution is -2.33. The number of anilines is 3. The normalized spacial score (nSPS) is 17.9. The standard InChI is InChI=1S/C32H34N3.C31H32N3O3.C31H34N3/c1-5-35(6-2)27-18-14-24(15-19-27)16-21-30-32(3,23-26-12-9-10-22-33-26)31-28-13-8-7-11-25(28)17-20-29(31)34(30)4;1-5-33(6-2)24-15-11-22(12-16-24)13-19-28-31(3,21-25-17-20-29(37-25)34(35)36)30-26-10-8-7-9-23(26)14-18-27(30)32(28)4;1-5-34(6-2)26-17-13-23(14-18-26)15-20-29-31(3,22-25-11-9-21-32-25)30-27-12-8-7-10-24(27)16-19-28(30)33(29)4/h7-22H,5-6,23H2,1-4H3;7-20H,5-6,21H2,1-4H3;7-8,10-21H,5-6,9,22H2,1-4H3/q3*+1. The summed E-state index contributed by atoms with van der Waals surface area (Å²) in [6, 6.07) is 75.1. The molecule has 4 aliphatic rings. The lowest BCUT2D eigenvalue weighted by Gasteiger charge is -2.23. The molecule has 11 aromatic rings. The van der Waals surface area contributed by atoms with Gasteiger partial charge in [-0.3, -0.25) is 20.1 Å². The number of benzene rings is 9. The fourth-order valence-corrected chi connectivity index (χ4v) is 17.0. The molecule has 106 heavy (non-hydrogen) atoms. The van der Waals surface area contributed by atoms with Crippen molar-refractivity contribution in [3.8, 4) is 0 Å². The number of rotatable bonds is 22. The third-order valence-electron chi connectivity index (χ3n) is 22.5. The highest BCUT2D eigenvalue weighted by Crippen LogP contribution is 2.50. The molecule has 4 aliphatic heterocycles. The smallest absolute Gasteiger partial charge is 0.406 e. The highest BCUT2D eigenvalue weighted by Gasteiger charge is 2.51. The van der Waals surface area contributed by atoms with Gasteiger partial charge in [0.25, 0.3) is 0 Å². The summed E-state index contributed by atoms with van der Waals surface area (Å²) in [4.78, 5) is 27.3. The Morgan fingerprint density at radius 2 is 0.802 bits per heavy atom. The molecule has 0 amide bonds. The number of nitrogens with zero attached hydrogens (tertiary/aromatic N) is 9. The van der Waals surface area contributed by atoms with Crippen LogP contribution in [0.15, 0.2) is 258 Å². The van der Waals surface area contributed by atoms with Gasteiger partial charge in [0.2, 0.25) is 17.1 Å². The third-order valence-corrected chi connectivity index (χ3v) is 22.5. The number of fused-ring (bicyclic) bond motifs is 9. The van der Waals surface area contributed by atoms with Crippen molar-refractivity contribution in [2.45, 2.75) is 104 Å². The van der Waals surface area contributed by atoms with Crippen LogP contribution >= 0.6 is 0 Å². The monoisotopic (exact) mass is 1400 g/mol. The average Bonchev–Trinajstić information content (AvgIpc) is 1.58. The largest absolute Gasteiger partial charge is 0.433 e. The molecule has 0 fully saturated rings. The zero-order chi connectivity index (χ0) is 74.3. The Hall–Kier alpha value is -11.4. The molecule has 3 atom stereocenters. The molecular weight excluding hydrogens is 1300 g/mol. The lowest BCUT2D eigenvalue weighted by atomic mass is 9.73. The second-order valence-corrected chi connectivity index (χ2v) is 28.8. The van der Waals surface area contributed by atoms with Gasteiger partial charge in [-0.05, 0) is 202 Å². The quantitative estimate of drug-likeness (QED) is 0.0378. The molecule has 15 rings (SSSR count). The van der Waals surface area contributed by atoms with Gasteiger partial charge < -0.3 is 19.1 Å². The predicted octanol–water partition coefficient (Wildman–Crippen LogP) is 21.3. The van der Waals surface area contributed by atoms with Crippen molar-refractivity contribution in [2.24, 2.45) is 4.99 Å². The minimum Gasteiger partial charge on any atom is -0.406 e. The number of allylic oxidation sites excluding steroid dienone is 5. The molecule has 0 aliphatic carbocycles. The van der Waals surface area contributed by atoms with Gasteiger partial charge in [0.15, 0.2) is 17.1 Å². The molecule has 0 saturated heterocycles. The molecule has 12 heteroatoms. The van der Waals surface area contributed by atoms with Gasteiger partial charge in [-0.1, -0.05) is 121 Å². The van der Waals surface area contributed by atoms with Gasteiger partial charge in [0.1, 0.15) is 31.8 Å². The Morgan fingerprint density at radius 3 is 1.14 bits per heavy atom. The van der Waals surface area contributed by atoms with Crippen molar-refractivity contribution in [1.29, 1.82) is 0 Å². The maximum atomic E-state index is 11.3. The van der Waals surface area contributed by atoms with Crippen LogP contribution in [0, 0.1) is 10.1 Å². The number of hydrogen-bond acceptors (Lipinski definition) is 8. The van der Waals surface area contributed by atoms with Gasteiger partial charge >= 0.3 is 5.88 Å². The van der Waals surface area contributed by atoms with Gasteiger partial charge in [0, 0.05) is 159 Å². The first-order valence-corrected chi connectivity index (χ1v) is 37.8. The summed E-state index contributed by atoms with van der Waals surface area (Å²) in [7, 11) is 6.49. The van der Waals surface area contributed by atoms with E-state index in [9.17, 15) is 10.1 Å². The SMILES string of the molecule is CCN(CC)c1ccc(/C=C/C2=[N+](C)c3ccc4ccccc4c3C2(C)CC2=CCC=N2)cc1.CCN(CC)c1ccc(/C=C/C2=[N+](C)c3ccc4ccccc4c3C2(C)Cc2ccc([N+](=O)[O-])o2)cc1.CCN(CC)c1ccc(/C=C/C2=[N+](C)c3ccc4ccccc4c3C2(C)Cc2ccccn2)cc1. The number of furan rings is 1. The van der Waals surface area contributed by atoms with E-state index in [0.29, 0.717) is 12.2 Å². The first kappa shape index (κ1) is 73.0. The van der Waals surface area contributed by atoms with E-state index in [-0.39, 0.29) is 16.7 Å². The number of aromatic nitrogens is 1. The summed E-state index contributed by atoms with van der Waals surface area (Å²) in [5.74, 6) is 0.367. The topological polar surface area (TPSA) is 100 Å². The zero-order valence-corrected chi connectivity index (χ0v) is 63.7. The maximum absolute atomic E-state index is 11.3. The van der Waals surface area contributed by atoms with Gasteiger partial charge in [-0.2, -0.15) is 13.7 Å². The molecule has 6 heterocycles. The first-order valence-electron chi connectivity index (χ1n) is 37.8. The lowest BCUT2D eigenvalue weighted by molar-refractivity contribution is -0.402. The van der Waals surface area contributed by atoms with Crippen molar-refractivity contribution in [1.82, 2.24) is 4.98 Å². The summed E-state index contributed by atoms with van der Waals surface area (Å²) in [5, 5.41) is 18.9. The van der Waals surface area contributed by atoms with Crippen LogP contribution in [-0.2, 0) is 29.1 Å². The molecule has 0 bridgehead atoms. The Kier molecular flexibility index (Phi) is 21.7. The number of pyridine rings is 1. The Bertz CT molecular complexity index is 5320. The molecule has 2 aromatic heterocycles.